The van der Waals surface area contributed by atoms with E-state index in [0.29, 0.717) is 31.3 Å². The first kappa shape index (κ1) is 14.0. The van der Waals surface area contributed by atoms with E-state index >= 15 is 0 Å². The van der Waals surface area contributed by atoms with Gasteiger partial charge >= 0.3 is 0 Å². The molecule has 0 amide bonds. The van der Waals surface area contributed by atoms with Gasteiger partial charge < -0.3 is 5.32 Å². The lowest BCUT2D eigenvalue weighted by Crippen LogP contribution is -2.44. The van der Waals surface area contributed by atoms with Crippen molar-refractivity contribution in [2.75, 3.05) is 31.9 Å². The Balaban J connectivity index is 1.60. The lowest BCUT2D eigenvalue weighted by Gasteiger charge is -2.33. The largest absolute Gasteiger partial charge is 0.316 e. The monoisotopic (exact) mass is 294 g/mol. The number of aryl methyl sites for hydroxylation is 1. The van der Waals surface area contributed by atoms with E-state index in [1.807, 2.05) is 30.3 Å². The lowest BCUT2D eigenvalue weighted by atomic mass is 9.90. The first-order chi connectivity index (χ1) is 9.65. The number of piperidine rings is 1. The highest BCUT2D eigenvalue weighted by Crippen LogP contribution is 2.28. The number of rotatable bonds is 4. The normalized spacial score (nSPS) is 27.4. The summed E-state index contributed by atoms with van der Waals surface area (Å²) < 4.78 is 26.6. The van der Waals surface area contributed by atoms with Gasteiger partial charge in [0.05, 0.1) is 5.75 Å². The van der Waals surface area contributed by atoms with Crippen LogP contribution in [0, 0.1) is 11.8 Å². The van der Waals surface area contributed by atoms with E-state index in [-0.39, 0.29) is 5.75 Å². The maximum absolute atomic E-state index is 12.5. The third-order valence-corrected chi connectivity index (χ3v) is 6.39. The molecule has 0 aromatic heterocycles. The van der Waals surface area contributed by atoms with E-state index in [1.165, 1.54) is 0 Å². The average molecular weight is 294 g/mol. The average Bonchev–Trinajstić information content (AvgIpc) is 2.94. The first-order valence-corrected chi connectivity index (χ1v) is 8.98. The van der Waals surface area contributed by atoms with Crippen LogP contribution in [0.4, 0.5) is 0 Å². The zero-order chi connectivity index (χ0) is 14.0. The highest BCUT2D eigenvalue weighted by Gasteiger charge is 2.36. The quantitative estimate of drug-likeness (QED) is 0.905. The maximum atomic E-state index is 12.5. The van der Waals surface area contributed by atoms with E-state index in [2.05, 4.69) is 5.32 Å². The summed E-state index contributed by atoms with van der Waals surface area (Å²) >= 11 is 0. The maximum Gasteiger partial charge on any atom is 0.214 e. The van der Waals surface area contributed by atoms with Gasteiger partial charge in [0.2, 0.25) is 10.0 Å². The Kier molecular flexibility index (Phi) is 4.10. The van der Waals surface area contributed by atoms with Crippen LogP contribution in [-0.4, -0.2) is 44.7 Å². The van der Waals surface area contributed by atoms with E-state index in [9.17, 15) is 8.42 Å². The number of fused-ring (bicyclic) bond motifs is 1. The standard InChI is InChI=1S/C15H22N2O2S/c18-20(19,9-7-13-4-2-1-3-5-13)17-8-6-14-10-16-11-15(14)12-17/h1-5,14-16H,6-12H2. The molecule has 2 unspecified atom stereocenters. The number of nitrogens with zero attached hydrogens (tertiary/aromatic N) is 1. The van der Waals surface area contributed by atoms with Crippen molar-refractivity contribution in [3.63, 3.8) is 0 Å². The van der Waals surface area contributed by atoms with E-state index in [1.54, 1.807) is 4.31 Å². The molecule has 2 aliphatic rings. The Morgan fingerprint density at radius 1 is 1.15 bits per heavy atom. The molecule has 0 radical (unpaired) electrons. The van der Waals surface area contributed by atoms with Gasteiger partial charge in [-0.3, -0.25) is 0 Å². The Hall–Kier alpha value is -0.910. The van der Waals surface area contributed by atoms with Crippen molar-refractivity contribution in [1.29, 1.82) is 0 Å². The summed E-state index contributed by atoms with van der Waals surface area (Å²) in [6, 6.07) is 9.84. The fraction of sp³-hybridized carbons (Fsp3) is 0.600. The van der Waals surface area contributed by atoms with Crippen LogP contribution in [-0.2, 0) is 16.4 Å². The minimum Gasteiger partial charge on any atom is -0.316 e. The summed E-state index contributed by atoms with van der Waals surface area (Å²) in [5.41, 5.74) is 1.09. The topological polar surface area (TPSA) is 49.4 Å². The Morgan fingerprint density at radius 3 is 2.70 bits per heavy atom. The summed E-state index contributed by atoms with van der Waals surface area (Å²) in [7, 11) is -3.11. The molecule has 2 aliphatic heterocycles. The first-order valence-electron chi connectivity index (χ1n) is 7.37. The van der Waals surface area contributed by atoms with Crippen LogP contribution < -0.4 is 5.32 Å². The summed E-state index contributed by atoms with van der Waals surface area (Å²) in [5.74, 6) is 1.41. The highest BCUT2D eigenvalue weighted by molar-refractivity contribution is 7.89. The SMILES string of the molecule is O=S(=O)(CCc1ccccc1)N1CCC2CNCC2C1. The molecule has 0 saturated carbocycles. The minimum atomic E-state index is -3.11. The van der Waals surface area contributed by atoms with Crippen molar-refractivity contribution in [3.05, 3.63) is 35.9 Å². The van der Waals surface area contributed by atoms with Gasteiger partial charge in [0, 0.05) is 13.1 Å². The van der Waals surface area contributed by atoms with Crippen LogP contribution in [0.1, 0.15) is 12.0 Å². The van der Waals surface area contributed by atoms with Crippen LogP contribution in [0.3, 0.4) is 0 Å². The number of sulfonamides is 1. The molecular weight excluding hydrogens is 272 g/mol. The van der Waals surface area contributed by atoms with Crippen molar-refractivity contribution in [2.45, 2.75) is 12.8 Å². The molecule has 1 aromatic rings. The molecular formula is C15H22N2O2S. The van der Waals surface area contributed by atoms with E-state index in [4.69, 9.17) is 0 Å². The number of benzene rings is 1. The zero-order valence-electron chi connectivity index (χ0n) is 11.7. The van der Waals surface area contributed by atoms with Crippen LogP contribution in [0.25, 0.3) is 0 Å². The van der Waals surface area contributed by atoms with Gasteiger partial charge in [0.1, 0.15) is 0 Å². The van der Waals surface area contributed by atoms with Crippen LogP contribution in [0.5, 0.6) is 0 Å². The number of nitrogens with one attached hydrogen (secondary N) is 1. The third kappa shape index (κ3) is 3.05. The number of hydrogen-bond acceptors (Lipinski definition) is 3. The van der Waals surface area contributed by atoms with Gasteiger partial charge in [-0.25, -0.2) is 12.7 Å². The molecule has 20 heavy (non-hydrogen) atoms. The molecule has 2 saturated heterocycles. The van der Waals surface area contributed by atoms with Crippen molar-refractivity contribution >= 4 is 10.0 Å². The Labute approximate surface area is 121 Å². The van der Waals surface area contributed by atoms with Crippen LogP contribution >= 0.6 is 0 Å². The summed E-state index contributed by atoms with van der Waals surface area (Å²) in [4.78, 5) is 0. The molecule has 110 valence electrons. The number of hydrogen-bond donors (Lipinski definition) is 1. The minimum absolute atomic E-state index is 0.224. The highest BCUT2D eigenvalue weighted by atomic mass is 32.2. The molecule has 1 aromatic carbocycles. The Bertz CT molecular complexity index is 544. The van der Waals surface area contributed by atoms with Gasteiger partial charge in [-0.05, 0) is 43.3 Å². The van der Waals surface area contributed by atoms with Gasteiger partial charge in [0.15, 0.2) is 0 Å². The van der Waals surface area contributed by atoms with Crippen LogP contribution in [0.15, 0.2) is 30.3 Å². The molecule has 1 N–H and O–H groups in total. The third-order valence-electron chi connectivity index (χ3n) is 4.55. The molecule has 2 heterocycles. The predicted molar refractivity (Wildman–Crippen MR) is 80.0 cm³/mol. The van der Waals surface area contributed by atoms with Crippen molar-refractivity contribution < 1.29 is 8.42 Å². The second kappa shape index (κ2) is 5.84. The molecule has 5 heteroatoms. The molecule has 0 aliphatic carbocycles. The smallest absolute Gasteiger partial charge is 0.214 e. The van der Waals surface area contributed by atoms with Crippen molar-refractivity contribution in [1.82, 2.24) is 9.62 Å². The summed E-state index contributed by atoms with van der Waals surface area (Å²) in [6.45, 7) is 3.42. The lowest BCUT2D eigenvalue weighted by molar-refractivity contribution is 0.228. The van der Waals surface area contributed by atoms with Gasteiger partial charge in [-0.2, -0.15) is 0 Å². The van der Waals surface area contributed by atoms with Crippen molar-refractivity contribution in [2.24, 2.45) is 11.8 Å². The van der Waals surface area contributed by atoms with Gasteiger partial charge in [-0.1, -0.05) is 30.3 Å². The molecule has 2 fully saturated rings. The second-order valence-corrected chi connectivity index (χ2v) is 7.97. The van der Waals surface area contributed by atoms with E-state index < -0.39 is 10.0 Å². The fourth-order valence-electron chi connectivity index (χ4n) is 3.27. The molecule has 0 bridgehead atoms. The molecule has 4 nitrogen and oxygen atoms in total. The molecule has 3 rings (SSSR count). The summed E-state index contributed by atoms with van der Waals surface area (Å²) in [6.07, 6.45) is 1.61. The van der Waals surface area contributed by atoms with Crippen LogP contribution in [0.2, 0.25) is 0 Å². The van der Waals surface area contributed by atoms with Gasteiger partial charge in [0.25, 0.3) is 0 Å². The Morgan fingerprint density at radius 2 is 1.90 bits per heavy atom. The second-order valence-electron chi connectivity index (χ2n) is 5.88. The fourth-order valence-corrected chi connectivity index (χ4v) is 4.83. The van der Waals surface area contributed by atoms with E-state index in [0.717, 1.165) is 25.1 Å². The zero-order valence-corrected chi connectivity index (χ0v) is 12.5. The molecule has 2 atom stereocenters. The van der Waals surface area contributed by atoms with Crippen molar-refractivity contribution in [3.8, 4) is 0 Å². The predicted octanol–water partition coefficient (Wildman–Crippen LogP) is 1.10. The van der Waals surface area contributed by atoms with Gasteiger partial charge in [-0.15, -0.1) is 0 Å². The molecule has 0 spiro atoms. The summed E-state index contributed by atoms with van der Waals surface area (Å²) in [5, 5.41) is 3.37.